The van der Waals surface area contributed by atoms with E-state index in [0.29, 0.717) is 5.16 Å². The normalized spacial score (nSPS) is 18.1. The molecule has 0 aliphatic heterocycles. The molecule has 19 heavy (non-hydrogen) atoms. The first-order chi connectivity index (χ1) is 9.20. The molecule has 6 heteroatoms. The molecular weight excluding hydrogens is 258 g/mol. The number of nitrogen functional groups attached to an aromatic ring is 1. The molecule has 0 aromatic carbocycles. The molecule has 0 bridgehead atoms. The Morgan fingerprint density at radius 1 is 1.42 bits per heavy atom. The molecule has 1 atom stereocenters. The standard InChI is InChI=1S/C13H21N5S/c1-10(9-14)19-13-17-16-12(18(13)15)8-7-11-5-3-2-4-6-11/h10-11H,2-8,15H2,1H3/t10-/m0/s1. The Hall–Kier alpha value is -1.22. The third-order valence-electron chi connectivity index (χ3n) is 3.70. The Balaban J connectivity index is 1.88. The smallest absolute Gasteiger partial charge is 0.211 e. The van der Waals surface area contributed by atoms with Gasteiger partial charge in [0.05, 0.1) is 11.3 Å². The molecule has 0 unspecified atom stereocenters. The Bertz CT molecular complexity index is 444. The average molecular weight is 279 g/mol. The molecule has 1 aliphatic carbocycles. The molecule has 104 valence electrons. The lowest BCUT2D eigenvalue weighted by atomic mass is 9.86. The number of nitrogens with two attached hydrogens (primary N) is 1. The lowest BCUT2D eigenvalue weighted by Gasteiger charge is -2.20. The van der Waals surface area contributed by atoms with Gasteiger partial charge in [-0.05, 0) is 19.3 Å². The molecule has 1 saturated carbocycles. The van der Waals surface area contributed by atoms with Gasteiger partial charge in [0.1, 0.15) is 0 Å². The highest BCUT2D eigenvalue weighted by Crippen LogP contribution is 2.27. The second kappa shape index (κ2) is 6.80. The number of aromatic nitrogens is 3. The van der Waals surface area contributed by atoms with Gasteiger partial charge < -0.3 is 5.84 Å². The van der Waals surface area contributed by atoms with E-state index in [1.54, 1.807) is 4.68 Å². The Kier molecular flexibility index (Phi) is 5.08. The highest BCUT2D eigenvalue weighted by atomic mass is 32.2. The van der Waals surface area contributed by atoms with Crippen LogP contribution in [0.3, 0.4) is 0 Å². The van der Waals surface area contributed by atoms with Crippen LogP contribution >= 0.6 is 11.8 Å². The molecule has 5 nitrogen and oxygen atoms in total. The fourth-order valence-corrected chi connectivity index (χ4v) is 3.23. The van der Waals surface area contributed by atoms with Gasteiger partial charge in [0.15, 0.2) is 5.82 Å². The van der Waals surface area contributed by atoms with Crippen LogP contribution in [0.15, 0.2) is 5.16 Å². The number of hydrogen-bond donors (Lipinski definition) is 1. The monoisotopic (exact) mass is 279 g/mol. The predicted octanol–water partition coefficient (Wildman–Crippen LogP) is 2.51. The molecule has 1 aromatic heterocycles. The summed E-state index contributed by atoms with van der Waals surface area (Å²) in [5.41, 5.74) is 0. The van der Waals surface area contributed by atoms with Gasteiger partial charge in [-0.1, -0.05) is 43.9 Å². The molecule has 2 N–H and O–H groups in total. The fraction of sp³-hybridized carbons (Fsp3) is 0.769. The fourth-order valence-electron chi connectivity index (χ4n) is 2.55. The van der Waals surface area contributed by atoms with Crippen LogP contribution in [0.5, 0.6) is 0 Å². The van der Waals surface area contributed by atoms with Crippen molar-refractivity contribution in [3.8, 4) is 6.07 Å². The molecule has 1 aromatic rings. The molecule has 0 spiro atoms. The topological polar surface area (TPSA) is 80.5 Å². The third kappa shape index (κ3) is 3.87. The number of thioether (sulfide) groups is 1. The molecule has 0 amide bonds. The zero-order valence-corrected chi connectivity index (χ0v) is 12.2. The first kappa shape index (κ1) is 14.2. The average Bonchev–Trinajstić information content (AvgIpc) is 2.78. The maximum absolute atomic E-state index is 8.80. The second-order valence-electron chi connectivity index (χ2n) is 5.20. The highest BCUT2D eigenvalue weighted by molar-refractivity contribution is 8.00. The summed E-state index contributed by atoms with van der Waals surface area (Å²) in [5, 5.41) is 17.5. The maximum atomic E-state index is 8.80. The number of rotatable bonds is 5. The van der Waals surface area contributed by atoms with Crippen molar-refractivity contribution in [3.05, 3.63) is 5.82 Å². The Morgan fingerprint density at radius 3 is 2.84 bits per heavy atom. The highest BCUT2D eigenvalue weighted by Gasteiger charge is 2.17. The van der Waals surface area contributed by atoms with Gasteiger partial charge in [0.25, 0.3) is 0 Å². The van der Waals surface area contributed by atoms with Crippen LogP contribution in [0.4, 0.5) is 0 Å². The first-order valence-corrected chi connectivity index (χ1v) is 7.84. The summed E-state index contributed by atoms with van der Waals surface area (Å²) in [6, 6.07) is 2.16. The van der Waals surface area contributed by atoms with Crippen molar-refractivity contribution >= 4 is 11.8 Å². The number of nitriles is 1. The van der Waals surface area contributed by atoms with Gasteiger partial charge in [0, 0.05) is 6.42 Å². The zero-order valence-electron chi connectivity index (χ0n) is 11.4. The zero-order chi connectivity index (χ0) is 13.7. The molecular formula is C13H21N5S. The van der Waals surface area contributed by atoms with E-state index < -0.39 is 0 Å². The van der Waals surface area contributed by atoms with Crippen LogP contribution in [0.2, 0.25) is 0 Å². The number of hydrogen-bond acceptors (Lipinski definition) is 5. The van der Waals surface area contributed by atoms with E-state index in [1.807, 2.05) is 6.92 Å². The minimum atomic E-state index is -0.155. The van der Waals surface area contributed by atoms with Gasteiger partial charge in [-0.2, -0.15) is 5.26 Å². The van der Waals surface area contributed by atoms with Crippen LogP contribution in [0, 0.1) is 17.2 Å². The quantitative estimate of drug-likeness (QED) is 0.661. The van der Waals surface area contributed by atoms with Gasteiger partial charge in [-0.25, -0.2) is 4.68 Å². The summed E-state index contributed by atoms with van der Waals surface area (Å²) < 4.78 is 1.54. The molecule has 1 fully saturated rings. The van der Waals surface area contributed by atoms with Crippen molar-refractivity contribution in [2.24, 2.45) is 5.92 Å². The molecule has 1 aliphatic rings. The number of nitrogens with zero attached hydrogens (tertiary/aromatic N) is 4. The van der Waals surface area contributed by atoms with E-state index in [2.05, 4.69) is 16.3 Å². The molecule has 0 radical (unpaired) electrons. The van der Waals surface area contributed by atoms with Crippen molar-refractivity contribution in [1.82, 2.24) is 14.9 Å². The maximum Gasteiger partial charge on any atom is 0.211 e. The molecule has 2 rings (SSSR count). The summed E-state index contributed by atoms with van der Waals surface area (Å²) in [6.07, 6.45) is 8.82. The van der Waals surface area contributed by atoms with Crippen LogP contribution < -0.4 is 5.84 Å². The van der Waals surface area contributed by atoms with Crippen LogP contribution in [0.25, 0.3) is 0 Å². The summed E-state index contributed by atoms with van der Waals surface area (Å²) in [5.74, 6) is 7.63. The summed E-state index contributed by atoms with van der Waals surface area (Å²) in [4.78, 5) is 0. The largest absolute Gasteiger partial charge is 0.336 e. The number of aryl methyl sites for hydroxylation is 1. The van der Waals surface area contributed by atoms with E-state index in [1.165, 1.54) is 43.9 Å². The van der Waals surface area contributed by atoms with Gasteiger partial charge in [0.2, 0.25) is 5.16 Å². The van der Waals surface area contributed by atoms with Gasteiger partial charge in [-0.15, -0.1) is 10.2 Å². The minimum absolute atomic E-state index is 0.155. The minimum Gasteiger partial charge on any atom is -0.336 e. The van der Waals surface area contributed by atoms with E-state index >= 15 is 0 Å². The Morgan fingerprint density at radius 2 is 2.16 bits per heavy atom. The second-order valence-corrected chi connectivity index (χ2v) is 6.51. The van der Waals surface area contributed by atoms with Gasteiger partial charge in [-0.3, -0.25) is 0 Å². The molecule has 0 saturated heterocycles. The van der Waals surface area contributed by atoms with Crippen molar-refractivity contribution in [2.75, 3.05) is 5.84 Å². The van der Waals surface area contributed by atoms with Gasteiger partial charge >= 0.3 is 0 Å². The summed E-state index contributed by atoms with van der Waals surface area (Å²) in [6.45, 7) is 1.83. The van der Waals surface area contributed by atoms with Crippen molar-refractivity contribution in [2.45, 2.75) is 62.3 Å². The van der Waals surface area contributed by atoms with Crippen molar-refractivity contribution in [1.29, 1.82) is 5.26 Å². The van der Waals surface area contributed by atoms with E-state index in [4.69, 9.17) is 11.1 Å². The van der Waals surface area contributed by atoms with Crippen LogP contribution in [-0.4, -0.2) is 20.1 Å². The van der Waals surface area contributed by atoms with Crippen LogP contribution in [0.1, 0.15) is 51.3 Å². The lowest BCUT2D eigenvalue weighted by Crippen LogP contribution is -2.16. The first-order valence-electron chi connectivity index (χ1n) is 6.96. The Labute approximate surface area is 118 Å². The lowest BCUT2D eigenvalue weighted by molar-refractivity contribution is 0.336. The predicted molar refractivity (Wildman–Crippen MR) is 76.0 cm³/mol. The van der Waals surface area contributed by atoms with E-state index in [0.717, 1.165) is 24.6 Å². The molecule has 1 heterocycles. The van der Waals surface area contributed by atoms with Crippen LogP contribution in [-0.2, 0) is 6.42 Å². The van der Waals surface area contributed by atoms with E-state index in [9.17, 15) is 0 Å². The SMILES string of the molecule is C[C@@H](C#N)Sc1nnc(CCC2CCCCC2)n1N. The summed E-state index contributed by atoms with van der Waals surface area (Å²) in [7, 11) is 0. The van der Waals surface area contributed by atoms with Crippen molar-refractivity contribution in [3.63, 3.8) is 0 Å². The van der Waals surface area contributed by atoms with Crippen molar-refractivity contribution < 1.29 is 0 Å². The third-order valence-corrected chi connectivity index (χ3v) is 4.65. The van der Waals surface area contributed by atoms with E-state index in [-0.39, 0.29) is 5.25 Å². The summed E-state index contributed by atoms with van der Waals surface area (Å²) >= 11 is 1.36.